The second kappa shape index (κ2) is 8.77. The van der Waals surface area contributed by atoms with Crippen molar-refractivity contribution in [1.29, 1.82) is 0 Å². The summed E-state index contributed by atoms with van der Waals surface area (Å²) in [5.41, 5.74) is 0. The van der Waals surface area contributed by atoms with E-state index in [1.807, 2.05) is 6.08 Å². The summed E-state index contributed by atoms with van der Waals surface area (Å²) in [6.45, 7) is 9.85. The molecule has 2 nitrogen and oxygen atoms in total. The first kappa shape index (κ1) is 13.7. The van der Waals surface area contributed by atoms with Gasteiger partial charge in [-0.2, -0.15) is 0 Å². The van der Waals surface area contributed by atoms with Crippen LogP contribution in [0.2, 0.25) is 0 Å². The zero-order valence-electron chi connectivity index (χ0n) is 10.7. The first-order valence-corrected chi connectivity index (χ1v) is 6.72. The second-order valence-corrected chi connectivity index (χ2v) is 5.02. The predicted octanol–water partition coefficient (Wildman–Crippen LogP) is 3.00. The molecule has 1 saturated carbocycles. The molecule has 16 heavy (non-hydrogen) atoms. The van der Waals surface area contributed by atoms with Crippen LogP contribution in [0.5, 0.6) is 0 Å². The molecule has 0 aromatic carbocycles. The SMILES string of the molecule is C=CCCOCCNCC1CCC(C)CC1. The van der Waals surface area contributed by atoms with Gasteiger partial charge in [-0.15, -0.1) is 6.58 Å². The van der Waals surface area contributed by atoms with Crippen LogP contribution in [0.25, 0.3) is 0 Å². The third-order valence-corrected chi connectivity index (χ3v) is 3.46. The Morgan fingerprint density at radius 2 is 2.00 bits per heavy atom. The molecule has 94 valence electrons. The molecule has 0 aromatic heterocycles. The van der Waals surface area contributed by atoms with Crippen LogP contribution in [-0.2, 0) is 4.74 Å². The van der Waals surface area contributed by atoms with Gasteiger partial charge < -0.3 is 10.1 Å². The maximum absolute atomic E-state index is 5.45. The summed E-state index contributed by atoms with van der Waals surface area (Å²) >= 11 is 0. The molecule has 0 atom stereocenters. The fourth-order valence-corrected chi connectivity index (χ4v) is 2.25. The Labute approximate surface area is 100 Å². The highest BCUT2D eigenvalue weighted by Gasteiger charge is 2.17. The van der Waals surface area contributed by atoms with E-state index < -0.39 is 0 Å². The zero-order valence-corrected chi connectivity index (χ0v) is 10.7. The van der Waals surface area contributed by atoms with Gasteiger partial charge in [-0.25, -0.2) is 0 Å². The Bertz CT molecular complexity index is 174. The Hall–Kier alpha value is -0.340. The molecule has 0 spiro atoms. The lowest BCUT2D eigenvalue weighted by Gasteiger charge is -2.26. The monoisotopic (exact) mass is 225 g/mol. The van der Waals surface area contributed by atoms with E-state index in [1.54, 1.807) is 0 Å². The summed E-state index contributed by atoms with van der Waals surface area (Å²) < 4.78 is 5.45. The molecule has 1 rings (SSSR count). The molecular formula is C14H27NO. The maximum atomic E-state index is 5.45. The molecule has 0 saturated heterocycles. The van der Waals surface area contributed by atoms with E-state index in [0.717, 1.165) is 38.0 Å². The molecule has 1 fully saturated rings. The molecule has 1 aliphatic carbocycles. The second-order valence-electron chi connectivity index (χ2n) is 5.02. The maximum Gasteiger partial charge on any atom is 0.0591 e. The van der Waals surface area contributed by atoms with E-state index >= 15 is 0 Å². The highest BCUT2D eigenvalue weighted by Crippen LogP contribution is 2.27. The van der Waals surface area contributed by atoms with Crippen LogP contribution in [-0.4, -0.2) is 26.3 Å². The normalized spacial score (nSPS) is 25.6. The molecule has 0 aliphatic heterocycles. The standard InChI is InChI=1S/C14H27NO/c1-3-4-10-16-11-9-15-12-14-7-5-13(2)6-8-14/h3,13-15H,1,4-12H2,2H3. The lowest BCUT2D eigenvalue weighted by molar-refractivity contribution is 0.138. The minimum Gasteiger partial charge on any atom is -0.380 e. The third kappa shape index (κ3) is 6.29. The van der Waals surface area contributed by atoms with Crippen LogP contribution in [0.15, 0.2) is 12.7 Å². The Balaban J connectivity index is 1.85. The minimum absolute atomic E-state index is 0.812. The molecule has 2 heteroatoms. The first-order valence-electron chi connectivity index (χ1n) is 6.72. The summed E-state index contributed by atoms with van der Waals surface area (Å²) in [7, 11) is 0. The molecule has 0 unspecified atom stereocenters. The molecule has 0 heterocycles. The largest absolute Gasteiger partial charge is 0.380 e. The Morgan fingerprint density at radius 3 is 2.69 bits per heavy atom. The van der Waals surface area contributed by atoms with Gasteiger partial charge in [0, 0.05) is 6.54 Å². The average Bonchev–Trinajstić information content (AvgIpc) is 2.30. The van der Waals surface area contributed by atoms with Crippen molar-refractivity contribution in [2.75, 3.05) is 26.3 Å². The molecule has 0 amide bonds. The van der Waals surface area contributed by atoms with Crippen molar-refractivity contribution < 1.29 is 4.74 Å². The van der Waals surface area contributed by atoms with Crippen molar-refractivity contribution in [1.82, 2.24) is 5.32 Å². The van der Waals surface area contributed by atoms with E-state index in [4.69, 9.17) is 4.74 Å². The first-order chi connectivity index (χ1) is 7.83. The average molecular weight is 225 g/mol. The van der Waals surface area contributed by atoms with Crippen LogP contribution < -0.4 is 5.32 Å². The molecule has 0 radical (unpaired) electrons. The van der Waals surface area contributed by atoms with Crippen LogP contribution in [0, 0.1) is 11.8 Å². The number of hydrogen-bond acceptors (Lipinski definition) is 2. The Kier molecular flexibility index (Phi) is 7.52. The van der Waals surface area contributed by atoms with Gasteiger partial charge in [-0.1, -0.05) is 25.8 Å². The van der Waals surface area contributed by atoms with E-state index in [-0.39, 0.29) is 0 Å². The Morgan fingerprint density at radius 1 is 1.25 bits per heavy atom. The zero-order chi connectivity index (χ0) is 11.6. The van der Waals surface area contributed by atoms with Crippen LogP contribution in [0.4, 0.5) is 0 Å². The quantitative estimate of drug-likeness (QED) is 0.506. The van der Waals surface area contributed by atoms with Gasteiger partial charge in [0.15, 0.2) is 0 Å². The smallest absolute Gasteiger partial charge is 0.0591 e. The van der Waals surface area contributed by atoms with E-state index in [2.05, 4.69) is 18.8 Å². The minimum atomic E-state index is 0.812. The number of ether oxygens (including phenoxy) is 1. The van der Waals surface area contributed by atoms with Crippen molar-refractivity contribution in [2.24, 2.45) is 11.8 Å². The number of nitrogens with one attached hydrogen (secondary N) is 1. The van der Waals surface area contributed by atoms with Crippen LogP contribution >= 0.6 is 0 Å². The van der Waals surface area contributed by atoms with Crippen molar-refractivity contribution in [2.45, 2.75) is 39.0 Å². The summed E-state index contributed by atoms with van der Waals surface area (Å²) in [5, 5.41) is 3.50. The van der Waals surface area contributed by atoms with Crippen molar-refractivity contribution >= 4 is 0 Å². The predicted molar refractivity (Wildman–Crippen MR) is 69.6 cm³/mol. The lowest BCUT2D eigenvalue weighted by Crippen LogP contribution is -2.28. The van der Waals surface area contributed by atoms with Crippen LogP contribution in [0.3, 0.4) is 0 Å². The van der Waals surface area contributed by atoms with Crippen LogP contribution in [0.1, 0.15) is 39.0 Å². The van der Waals surface area contributed by atoms with Gasteiger partial charge in [0.25, 0.3) is 0 Å². The lowest BCUT2D eigenvalue weighted by atomic mass is 9.83. The summed E-state index contributed by atoms with van der Waals surface area (Å²) in [6.07, 6.45) is 8.51. The molecule has 0 bridgehead atoms. The fourth-order valence-electron chi connectivity index (χ4n) is 2.25. The molecule has 1 N–H and O–H groups in total. The summed E-state index contributed by atoms with van der Waals surface area (Å²) in [5.74, 6) is 1.86. The highest BCUT2D eigenvalue weighted by molar-refractivity contribution is 4.71. The topological polar surface area (TPSA) is 21.3 Å². The van der Waals surface area contributed by atoms with Gasteiger partial charge >= 0.3 is 0 Å². The molecule has 1 aliphatic rings. The number of rotatable bonds is 8. The van der Waals surface area contributed by atoms with E-state index in [0.29, 0.717) is 0 Å². The molecular weight excluding hydrogens is 198 g/mol. The van der Waals surface area contributed by atoms with E-state index in [9.17, 15) is 0 Å². The van der Waals surface area contributed by atoms with Crippen molar-refractivity contribution in [3.63, 3.8) is 0 Å². The van der Waals surface area contributed by atoms with E-state index in [1.165, 1.54) is 32.2 Å². The van der Waals surface area contributed by atoms with Gasteiger partial charge in [0.2, 0.25) is 0 Å². The summed E-state index contributed by atoms with van der Waals surface area (Å²) in [6, 6.07) is 0. The summed E-state index contributed by atoms with van der Waals surface area (Å²) in [4.78, 5) is 0. The van der Waals surface area contributed by atoms with Crippen molar-refractivity contribution in [3.05, 3.63) is 12.7 Å². The fraction of sp³-hybridized carbons (Fsp3) is 0.857. The highest BCUT2D eigenvalue weighted by atomic mass is 16.5. The van der Waals surface area contributed by atoms with Crippen molar-refractivity contribution in [3.8, 4) is 0 Å². The van der Waals surface area contributed by atoms with Gasteiger partial charge in [0.05, 0.1) is 13.2 Å². The van der Waals surface area contributed by atoms with Gasteiger partial charge in [-0.3, -0.25) is 0 Å². The number of hydrogen-bond donors (Lipinski definition) is 1. The van der Waals surface area contributed by atoms with Gasteiger partial charge in [0.1, 0.15) is 0 Å². The third-order valence-electron chi connectivity index (χ3n) is 3.46. The van der Waals surface area contributed by atoms with Gasteiger partial charge in [-0.05, 0) is 37.6 Å². The molecule has 0 aromatic rings.